The van der Waals surface area contributed by atoms with E-state index in [1.54, 1.807) is 6.07 Å². The van der Waals surface area contributed by atoms with Gasteiger partial charge in [0, 0.05) is 10.5 Å². The van der Waals surface area contributed by atoms with Crippen LogP contribution in [-0.2, 0) is 4.79 Å². The second kappa shape index (κ2) is 3.00. The van der Waals surface area contributed by atoms with Crippen molar-refractivity contribution in [2.75, 3.05) is 0 Å². The fourth-order valence-electron chi connectivity index (χ4n) is 1.36. The van der Waals surface area contributed by atoms with E-state index in [-0.39, 0.29) is 11.6 Å². The summed E-state index contributed by atoms with van der Waals surface area (Å²) in [5, 5.41) is -0.502. The molecule has 0 bridgehead atoms. The highest BCUT2D eigenvalue weighted by molar-refractivity contribution is 8.02. The zero-order chi connectivity index (χ0) is 9.42. The Hall–Kier alpha value is -1.09. The molecule has 0 N–H and O–H groups in total. The van der Waals surface area contributed by atoms with Gasteiger partial charge in [-0.15, -0.1) is 11.8 Å². The van der Waals surface area contributed by atoms with Crippen molar-refractivity contribution in [3.05, 3.63) is 29.8 Å². The number of rotatable bonds is 1. The molecule has 1 aliphatic rings. The highest BCUT2D eigenvalue weighted by Crippen LogP contribution is 2.36. The lowest BCUT2D eigenvalue weighted by Crippen LogP contribution is -2.19. The minimum Gasteiger partial charge on any atom is -0.298 e. The van der Waals surface area contributed by atoms with E-state index in [0.29, 0.717) is 5.56 Å². The van der Waals surface area contributed by atoms with Crippen LogP contribution in [0.3, 0.4) is 0 Å². The fourth-order valence-corrected chi connectivity index (χ4v) is 2.47. The second-order valence-corrected chi connectivity index (χ2v) is 4.12. The maximum Gasteiger partial charge on any atom is 0.184 e. The van der Waals surface area contributed by atoms with E-state index in [2.05, 4.69) is 0 Å². The molecular weight excluding hydrogens is 184 g/mol. The summed E-state index contributed by atoms with van der Waals surface area (Å²) in [6.07, 6.45) is 0. The van der Waals surface area contributed by atoms with Crippen LogP contribution in [0.5, 0.6) is 0 Å². The molecule has 1 atom stereocenters. The van der Waals surface area contributed by atoms with Crippen molar-refractivity contribution < 1.29 is 9.59 Å². The van der Waals surface area contributed by atoms with Crippen LogP contribution < -0.4 is 0 Å². The van der Waals surface area contributed by atoms with Gasteiger partial charge in [-0.05, 0) is 13.0 Å². The SMILES string of the molecule is CC(=O)[C@@H]1Sc2ccccc2C1=O. The van der Waals surface area contributed by atoms with Crippen molar-refractivity contribution in [3.8, 4) is 0 Å². The molecule has 0 spiro atoms. The van der Waals surface area contributed by atoms with Crippen LogP contribution in [0.2, 0.25) is 0 Å². The lowest BCUT2D eigenvalue weighted by molar-refractivity contribution is -0.115. The molecule has 0 amide bonds. The average molecular weight is 192 g/mol. The molecule has 13 heavy (non-hydrogen) atoms. The van der Waals surface area contributed by atoms with Crippen LogP contribution in [0.1, 0.15) is 17.3 Å². The number of fused-ring (bicyclic) bond motifs is 1. The van der Waals surface area contributed by atoms with Crippen molar-refractivity contribution in [3.63, 3.8) is 0 Å². The molecule has 1 heterocycles. The minimum absolute atomic E-state index is 0.0481. The second-order valence-electron chi connectivity index (χ2n) is 2.97. The molecule has 0 aliphatic carbocycles. The number of carbonyl (C=O) groups is 2. The van der Waals surface area contributed by atoms with Gasteiger partial charge in [0.15, 0.2) is 11.6 Å². The first-order valence-corrected chi connectivity index (χ1v) is 4.88. The van der Waals surface area contributed by atoms with Crippen LogP contribution in [0.4, 0.5) is 0 Å². The summed E-state index contributed by atoms with van der Waals surface area (Å²) in [5.74, 6) is -0.112. The van der Waals surface area contributed by atoms with Crippen LogP contribution in [-0.4, -0.2) is 16.8 Å². The van der Waals surface area contributed by atoms with Gasteiger partial charge in [0.25, 0.3) is 0 Å². The van der Waals surface area contributed by atoms with Gasteiger partial charge in [0.05, 0.1) is 0 Å². The Kier molecular flexibility index (Phi) is 1.96. The third kappa shape index (κ3) is 1.29. The normalized spacial score (nSPS) is 20.1. The first-order valence-electron chi connectivity index (χ1n) is 4.00. The van der Waals surface area contributed by atoms with Crippen molar-refractivity contribution in [1.29, 1.82) is 0 Å². The molecule has 1 aliphatic heterocycles. The third-order valence-electron chi connectivity index (χ3n) is 2.00. The summed E-state index contributed by atoms with van der Waals surface area (Å²) < 4.78 is 0. The minimum atomic E-state index is -0.502. The third-order valence-corrected chi connectivity index (χ3v) is 3.40. The highest BCUT2D eigenvalue weighted by atomic mass is 32.2. The summed E-state index contributed by atoms with van der Waals surface area (Å²) in [6.45, 7) is 1.46. The zero-order valence-electron chi connectivity index (χ0n) is 7.11. The largest absolute Gasteiger partial charge is 0.298 e. The Morgan fingerprint density at radius 1 is 1.38 bits per heavy atom. The molecule has 0 aromatic heterocycles. The van der Waals surface area contributed by atoms with Gasteiger partial charge < -0.3 is 0 Å². The standard InChI is InChI=1S/C10H8O2S/c1-6(11)10-9(12)7-4-2-3-5-8(7)13-10/h2-5,10H,1H3/t10-/m0/s1. The van der Waals surface area contributed by atoms with Crippen LogP contribution in [0, 0.1) is 0 Å². The molecule has 0 saturated carbocycles. The summed E-state index contributed by atoms with van der Waals surface area (Å²) in [7, 11) is 0. The average Bonchev–Trinajstić information content (AvgIpc) is 2.45. The Morgan fingerprint density at radius 3 is 2.69 bits per heavy atom. The van der Waals surface area contributed by atoms with Gasteiger partial charge in [0.2, 0.25) is 0 Å². The number of benzene rings is 1. The molecule has 0 radical (unpaired) electrons. The predicted octanol–water partition coefficient (Wildman–Crippen LogP) is 1.93. The molecule has 1 aromatic rings. The molecule has 0 fully saturated rings. The summed E-state index contributed by atoms with van der Waals surface area (Å²) >= 11 is 1.35. The van der Waals surface area contributed by atoms with Crippen molar-refractivity contribution in [1.82, 2.24) is 0 Å². The summed E-state index contributed by atoms with van der Waals surface area (Å²) in [4.78, 5) is 23.6. The van der Waals surface area contributed by atoms with Gasteiger partial charge in [-0.25, -0.2) is 0 Å². The Bertz CT molecular complexity index is 384. The molecule has 1 aromatic carbocycles. The van der Waals surface area contributed by atoms with E-state index in [4.69, 9.17) is 0 Å². The maximum atomic E-state index is 11.6. The molecular formula is C10H8O2S. The fraction of sp³-hybridized carbons (Fsp3) is 0.200. The lowest BCUT2D eigenvalue weighted by Gasteiger charge is -1.98. The number of ketones is 2. The van der Waals surface area contributed by atoms with E-state index in [0.717, 1.165) is 4.90 Å². The Labute approximate surface area is 80.3 Å². The summed E-state index contributed by atoms with van der Waals surface area (Å²) in [5.41, 5.74) is 0.688. The Morgan fingerprint density at radius 2 is 2.08 bits per heavy atom. The van der Waals surface area contributed by atoms with E-state index >= 15 is 0 Å². The molecule has 0 saturated heterocycles. The van der Waals surface area contributed by atoms with Crippen molar-refractivity contribution in [2.45, 2.75) is 17.1 Å². The first kappa shape index (κ1) is 8.51. The van der Waals surface area contributed by atoms with E-state index in [9.17, 15) is 9.59 Å². The van der Waals surface area contributed by atoms with Gasteiger partial charge in [-0.1, -0.05) is 18.2 Å². The van der Waals surface area contributed by atoms with Crippen LogP contribution in [0.25, 0.3) is 0 Å². The van der Waals surface area contributed by atoms with Crippen molar-refractivity contribution in [2.24, 2.45) is 0 Å². The number of Topliss-reactive ketones (excluding diaryl/α,β-unsaturated/α-hetero) is 2. The van der Waals surface area contributed by atoms with Gasteiger partial charge in [-0.3, -0.25) is 9.59 Å². The number of hydrogen-bond donors (Lipinski definition) is 0. The van der Waals surface area contributed by atoms with Crippen molar-refractivity contribution >= 4 is 23.3 Å². The van der Waals surface area contributed by atoms with Gasteiger partial charge >= 0.3 is 0 Å². The quantitative estimate of drug-likeness (QED) is 0.637. The zero-order valence-corrected chi connectivity index (χ0v) is 7.93. The predicted molar refractivity (Wildman–Crippen MR) is 51.1 cm³/mol. The number of carbonyl (C=O) groups excluding carboxylic acids is 2. The summed E-state index contributed by atoms with van der Waals surface area (Å²) in [6, 6.07) is 7.34. The number of hydrogen-bond acceptors (Lipinski definition) is 3. The smallest absolute Gasteiger partial charge is 0.184 e. The van der Waals surface area contributed by atoms with E-state index in [1.165, 1.54) is 18.7 Å². The molecule has 2 rings (SSSR count). The molecule has 2 nitrogen and oxygen atoms in total. The first-order chi connectivity index (χ1) is 6.20. The lowest BCUT2D eigenvalue weighted by atomic mass is 10.1. The molecule has 66 valence electrons. The Balaban J connectivity index is 2.44. The monoisotopic (exact) mass is 192 g/mol. The molecule has 3 heteroatoms. The van der Waals surface area contributed by atoms with E-state index < -0.39 is 5.25 Å². The topological polar surface area (TPSA) is 34.1 Å². The highest BCUT2D eigenvalue weighted by Gasteiger charge is 2.33. The maximum absolute atomic E-state index is 11.6. The molecule has 0 unspecified atom stereocenters. The number of thioether (sulfide) groups is 1. The van der Waals surface area contributed by atoms with E-state index in [1.807, 2.05) is 18.2 Å². The van der Waals surface area contributed by atoms with Crippen LogP contribution in [0.15, 0.2) is 29.2 Å². The van der Waals surface area contributed by atoms with Gasteiger partial charge in [-0.2, -0.15) is 0 Å². The van der Waals surface area contributed by atoms with Crippen LogP contribution >= 0.6 is 11.8 Å². The van der Waals surface area contributed by atoms with Gasteiger partial charge in [0.1, 0.15) is 5.25 Å².